The number of aliphatic hydroxyl groups is 2. The zero-order chi connectivity index (χ0) is 13.9. The van der Waals surface area contributed by atoms with Crippen molar-refractivity contribution in [3.8, 4) is 0 Å². The fraction of sp³-hybridized carbons (Fsp3) is 1.00. The Bertz CT molecular complexity index is 112. The molecule has 0 bridgehead atoms. The van der Waals surface area contributed by atoms with Gasteiger partial charge in [-0.05, 0) is 25.9 Å². The van der Waals surface area contributed by atoms with Gasteiger partial charge in [-0.3, -0.25) is 0 Å². The van der Waals surface area contributed by atoms with Gasteiger partial charge < -0.3 is 20.8 Å². The maximum atomic E-state index is 8.15. The third-order valence-electron chi connectivity index (χ3n) is 2.49. The van der Waals surface area contributed by atoms with Crippen LogP contribution in [-0.2, 0) is 0 Å². The fourth-order valence-electron chi connectivity index (χ4n) is 1.41. The molecule has 0 aromatic rings. The second-order valence-electron chi connectivity index (χ2n) is 4.36. The summed E-state index contributed by atoms with van der Waals surface area (Å²) in [5.41, 5.74) is 0. The maximum Gasteiger partial charge on any atom is 0.0555 e. The van der Waals surface area contributed by atoms with Gasteiger partial charge in [0.1, 0.15) is 0 Å². The minimum Gasteiger partial charge on any atom is -0.395 e. The maximum absolute atomic E-state index is 8.15. The monoisotopic (exact) mass is 262 g/mol. The van der Waals surface area contributed by atoms with Crippen molar-refractivity contribution in [3.05, 3.63) is 0 Å². The second-order valence-corrected chi connectivity index (χ2v) is 4.36. The van der Waals surface area contributed by atoms with Crippen LogP contribution in [0.4, 0.5) is 0 Å². The van der Waals surface area contributed by atoms with Crippen molar-refractivity contribution in [2.24, 2.45) is 0 Å². The van der Waals surface area contributed by atoms with Crippen LogP contribution >= 0.6 is 0 Å². The molecule has 0 saturated heterocycles. The van der Waals surface area contributed by atoms with E-state index in [1.807, 2.05) is 0 Å². The standard InChI is InChI=1S/C10H23N.C4H11NO2/c1-3-5-7-9-11-10-8-6-4-2;6-3-1-5-2-4-7/h11H,3-10H2,1-2H3;5-7H,1-4H2. The number of hydrogen-bond acceptors (Lipinski definition) is 4. The first-order valence-corrected chi connectivity index (χ1v) is 7.46. The first-order valence-electron chi connectivity index (χ1n) is 7.46. The summed E-state index contributed by atoms with van der Waals surface area (Å²) in [4.78, 5) is 0. The van der Waals surface area contributed by atoms with Crippen molar-refractivity contribution in [1.29, 1.82) is 0 Å². The smallest absolute Gasteiger partial charge is 0.0555 e. The number of unbranched alkanes of at least 4 members (excludes halogenated alkanes) is 4. The quantitative estimate of drug-likeness (QED) is 0.403. The third kappa shape index (κ3) is 24.9. The lowest BCUT2D eigenvalue weighted by Crippen LogP contribution is -2.21. The van der Waals surface area contributed by atoms with Crippen LogP contribution in [0.1, 0.15) is 52.4 Å². The molecular weight excluding hydrogens is 228 g/mol. The Morgan fingerprint density at radius 2 is 1.00 bits per heavy atom. The Kier molecular flexibility index (Phi) is 24.7. The Balaban J connectivity index is 0. The highest BCUT2D eigenvalue weighted by atomic mass is 16.3. The lowest BCUT2D eigenvalue weighted by atomic mass is 10.2. The average molecular weight is 262 g/mol. The molecule has 0 spiro atoms. The Morgan fingerprint density at radius 1 is 0.611 bits per heavy atom. The molecule has 0 rings (SSSR count). The van der Waals surface area contributed by atoms with Crippen molar-refractivity contribution < 1.29 is 10.2 Å². The van der Waals surface area contributed by atoms with E-state index in [2.05, 4.69) is 24.5 Å². The van der Waals surface area contributed by atoms with Crippen molar-refractivity contribution in [2.45, 2.75) is 52.4 Å². The fourth-order valence-corrected chi connectivity index (χ4v) is 1.41. The average Bonchev–Trinajstić information content (AvgIpc) is 2.39. The van der Waals surface area contributed by atoms with Crippen molar-refractivity contribution >= 4 is 0 Å². The van der Waals surface area contributed by atoms with E-state index in [0.29, 0.717) is 13.1 Å². The highest BCUT2D eigenvalue weighted by Gasteiger charge is 1.87. The van der Waals surface area contributed by atoms with E-state index in [9.17, 15) is 0 Å². The zero-order valence-electron chi connectivity index (χ0n) is 12.4. The van der Waals surface area contributed by atoms with Crippen LogP contribution in [0.5, 0.6) is 0 Å². The van der Waals surface area contributed by atoms with E-state index in [-0.39, 0.29) is 13.2 Å². The van der Waals surface area contributed by atoms with E-state index < -0.39 is 0 Å². The van der Waals surface area contributed by atoms with Crippen LogP contribution in [0.15, 0.2) is 0 Å². The Hall–Kier alpha value is -0.160. The summed E-state index contributed by atoms with van der Waals surface area (Å²) < 4.78 is 0. The molecule has 0 aromatic heterocycles. The van der Waals surface area contributed by atoms with Gasteiger partial charge in [0.2, 0.25) is 0 Å². The molecule has 0 amide bonds. The van der Waals surface area contributed by atoms with E-state index in [0.717, 1.165) is 0 Å². The molecule has 0 fully saturated rings. The number of hydrogen-bond donors (Lipinski definition) is 4. The SMILES string of the molecule is CCCCCNCCCCC.OCCNCCO. The van der Waals surface area contributed by atoms with Gasteiger partial charge in [0, 0.05) is 13.1 Å². The molecule has 0 aliphatic heterocycles. The highest BCUT2D eigenvalue weighted by Crippen LogP contribution is 1.93. The van der Waals surface area contributed by atoms with Crippen LogP contribution < -0.4 is 10.6 Å². The number of rotatable bonds is 12. The topological polar surface area (TPSA) is 64.5 Å². The van der Waals surface area contributed by atoms with Crippen molar-refractivity contribution in [1.82, 2.24) is 10.6 Å². The van der Waals surface area contributed by atoms with Crippen LogP contribution in [0.3, 0.4) is 0 Å². The van der Waals surface area contributed by atoms with Crippen molar-refractivity contribution in [3.63, 3.8) is 0 Å². The third-order valence-corrected chi connectivity index (χ3v) is 2.49. The second kappa shape index (κ2) is 22.1. The molecule has 0 unspecified atom stereocenters. The van der Waals surface area contributed by atoms with Gasteiger partial charge in [0.15, 0.2) is 0 Å². The molecule has 0 aromatic carbocycles. The molecule has 0 atom stereocenters. The molecule has 0 heterocycles. The summed E-state index contributed by atoms with van der Waals surface area (Å²) in [5, 5.41) is 22.5. The van der Waals surface area contributed by atoms with Crippen molar-refractivity contribution in [2.75, 3.05) is 39.4 Å². The van der Waals surface area contributed by atoms with Gasteiger partial charge in [-0.2, -0.15) is 0 Å². The predicted molar refractivity (Wildman–Crippen MR) is 79.0 cm³/mol. The Morgan fingerprint density at radius 3 is 1.33 bits per heavy atom. The predicted octanol–water partition coefficient (Wildman–Crippen LogP) is 1.52. The van der Waals surface area contributed by atoms with E-state index in [1.165, 1.54) is 51.6 Å². The van der Waals surface area contributed by atoms with E-state index >= 15 is 0 Å². The molecule has 4 heteroatoms. The summed E-state index contributed by atoms with van der Waals surface area (Å²) in [6.45, 7) is 8.35. The highest BCUT2D eigenvalue weighted by molar-refractivity contribution is 4.48. The minimum absolute atomic E-state index is 0.139. The van der Waals surface area contributed by atoms with Crippen LogP contribution in [-0.4, -0.2) is 49.6 Å². The summed E-state index contributed by atoms with van der Waals surface area (Å²) in [7, 11) is 0. The van der Waals surface area contributed by atoms with Gasteiger partial charge in [-0.15, -0.1) is 0 Å². The Labute approximate surface area is 113 Å². The molecule has 112 valence electrons. The number of nitrogens with one attached hydrogen (secondary N) is 2. The van der Waals surface area contributed by atoms with Gasteiger partial charge in [-0.1, -0.05) is 39.5 Å². The molecule has 0 aliphatic carbocycles. The van der Waals surface area contributed by atoms with Gasteiger partial charge in [0.05, 0.1) is 13.2 Å². The first kappa shape index (κ1) is 20.2. The normalized spacial score (nSPS) is 10.0. The summed E-state index contributed by atoms with van der Waals surface area (Å²) >= 11 is 0. The molecule has 0 radical (unpaired) electrons. The summed E-state index contributed by atoms with van der Waals surface area (Å²) in [6, 6.07) is 0. The molecule has 4 N–H and O–H groups in total. The van der Waals surface area contributed by atoms with E-state index in [1.54, 1.807) is 0 Å². The van der Waals surface area contributed by atoms with E-state index in [4.69, 9.17) is 10.2 Å². The molecular formula is C14H34N2O2. The lowest BCUT2D eigenvalue weighted by Gasteiger charge is -2.02. The first-order chi connectivity index (χ1) is 8.83. The van der Waals surface area contributed by atoms with Crippen LogP contribution in [0.2, 0.25) is 0 Å². The van der Waals surface area contributed by atoms with Gasteiger partial charge in [-0.25, -0.2) is 0 Å². The summed E-state index contributed by atoms with van der Waals surface area (Å²) in [6.07, 6.45) is 8.11. The zero-order valence-corrected chi connectivity index (χ0v) is 12.4. The lowest BCUT2D eigenvalue weighted by molar-refractivity contribution is 0.267. The van der Waals surface area contributed by atoms with Gasteiger partial charge in [0.25, 0.3) is 0 Å². The molecule has 0 saturated carbocycles. The molecule has 0 aliphatic rings. The molecule has 4 nitrogen and oxygen atoms in total. The number of aliphatic hydroxyl groups excluding tert-OH is 2. The van der Waals surface area contributed by atoms with Crippen LogP contribution in [0, 0.1) is 0 Å². The molecule has 18 heavy (non-hydrogen) atoms. The largest absolute Gasteiger partial charge is 0.395 e. The van der Waals surface area contributed by atoms with Gasteiger partial charge >= 0.3 is 0 Å². The summed E-state index contributed by atoms with van der Waals surface area (Å²) in [5.74, 6) is 0. The van der Waals surface area contributed by atoms with Crippen LogP contribution in [0.25, 0.3) is 0 Å². The minimum atomic E-state index is 0.139.